The lowest BCUT2D eigenvalue weighted by Gasteiger charge is -2.19. The van der Waals surface area contributed by atoms with Crippen molar-refractivity contribution in [3.63, 3.8) is 0 Å². The summed E-state index contributed by atoms with van der Waals surface area (Å²) in [4.78, 5) is 6.15. The molecule has 1 aromatic carbocycles. The third-order valence-electron chi connectivity index (χ3n) is 3.20. The number of anilines is 2. The Bertz CT molecular complexity index is 604. The fraction of sp³-hybridized carbons (Fsp3) is 0.312. The first-order chi connectivity index (χ1) is 10.1. The molecule has 2 aromatic rings. The van der Waals surface area contributed by atoms with Crippen molar-refractivity contribution in [3.05, 3.63) is 52.9 Å². The van der Waals surface area contributed by atoms with E-state index in [9.17, 15) is 4.39 Å². The highest BCUT2D eigenvalue weighted by Crippen LogP contribution is 2.25. The highest BCUT2D eigenvalue weighted by atomic mass is 35.5. The van der Waals surface area contributed by atoms with Gasteiger partial charge in [-0.15, -0.1) is 0 Å². The molecule has 0 saturated heterocycles. The molecular formula is C16H19ClFN3. The minimum atomic E-state index is -0.266. The van der Waals surface area contributed by atoms with Crippen LogP contribution in [-0.2, 0) is 6.54 Å². The first kappa shape index (κ1) is 15.7. The number of rotatable bonds is 6. The van der Waals surface area contributed by atoms with Crippen molar-refractivity contribution in [2.24, 2.45) is 0 Å². The monoisotopic (exact) mass is 307 g/mol. The van der Waals surface area contributed by atoms with E-state index in [1.807, 2.05) is 24.1 Å². The first-order valence-corrected chi connectivity index (χ1v) is 7.34. The molecule has 2 rings (SSSR count). The molecule has 21 heavy (non-hydrogen) atoms. The summed E-state index contributed by atoms with van der Waals surface area (Å²) in [7, 11) is 1.86. The van der Waals surface area contributed by atoms with Crippen LogP contribution in [0.15, 0.2) is 36.5 Å². The number of pyridine rings is 1. The molecule has 112 valence electrons. The molecule has 0 bridgehead atoms. The van der Waals surface area contributed by atoms with Gasteiger partial charge in [-0.25, -0.2) is 9.37 Å². The largest absolute Gasteiger partial charge is 0.329 e. The zero-order valence-corrected chi connectivity index (χ0v) is 13.0. The fourth-order valence-electron chi connectivity index (χ4n) is 2.00. The van der Waals surface area contributed by atoms with Crippen molar-refractivity contribution >= 4 is 23.1 Å². The van der Waals surface area contributed by atoms with Gasteiger partial charge >= 0.3 is 0 Å². The highest BCUT2D eigenvalue weighted by Gasteiger charge is 2.09. The van der Waals surface area contributed by atoms with Crippen molar-refractivity contribution in [1.29, 1.82) is 0 Å². The van der Waals surface area contributed by atoms with Crippen LogP contribution < -0.4 is 10.2 Å². The highest BCUT2D eigenvalue weighted by molar-refractivity contribution is 6.31. The molecule has 0 fully saturated rings. The van der Waals surface area contributed by atoms with Gasteiger partial charge in [0.25, 0.3) is 0 Å². The van der Waals surface area contributed by atoms with Crippen molar-refractivity contribution in [1.82, 2.24) is 10.3 Å². The third kappa shape index (κ3) is 4.16. The summed E-state index contributed by atoms with van der Waals surface area (Å²) in [6, 6.07) is 8.35. The molecule has 3 nitrogen and oxygen atoms in total. The van der Waals surface area contributed by atoms with Crippen LogP contribution in [0, 0.1) is 5.82 Å². The van der Waals surface area contributed by atoms with Crippen LogP contribution in [0.3, 0.4) is 0 Å². The standard InChI is InChI=1S/C16H19ClFN3/c1-3-7-19-10-12-8-16(20-11-15(12)17)21(2)14-6-4-5-13(18)9-14/h4-6,8-9,11,19H,3,7,10H2,1-2H3. The minimum absolute atomic E-state index is 0.266. The number of aromatic nitrogens is 1. The Balaban J connectivity index is 2.21. The van der Waals surface area contributed by atoms with Crippen molar-refractivity contribution < 1.29 is 4.39 Å². The molecule has 0 amide bonds. The van der Waals surface area contributed by atoms with Crippen LogP contribution >= 0.6 is 11.6 Å². The van der Waals surface area contributed by atoms with Gasteiger partial charge in [0.05, 0.1) is 5.02 Å². The maximum absolute atomic E-state index is 13.3. The van der Waals surface area contributed by atoms with E-state index in [0.717, 1.165) is 30.0 Å². The predicted molar refractivity (Wildman–Crippen MR) is 85.7 cm³/mol. The fourth-order valence-corrected chi connectivity index (χ4v) is 2.17. The van der Waals surface area contributed by atoms with E-state index in [2.05, 4.69) is 17.2 Å². The maximum Gasteiger partial charge on any atom is 0.133 e. The second-order valence-corrected chi connectivity index (χ2v) is 5.26. The lowest BCUT2D eigenvalue weighted by Crippen LogP contribution is -2.16. The van der Waals surface area contributed by atoms with Gasteiger partial charge in [-0.05, 0) is 42.8 Å². The molecule has 0 aliphatic heterocycles. The van der Waals surface area contributed by atoms with Crippen molar-refractivity contribution in [3.8, 4) is 0 Å². The van der Waals surface area contributed by atoms with Crippen molar-refractivity contribution in [2.45, 2.75) is 19.9 Å². The Morgan fingerprint density at radius 1 is 1.33 bits per heavy atom. The Kier molecular flexibility index (Phi) is 5.53. The second kappa shape index (κ2) is 7.38. The van der Waals surface area contributed by atoms with Crippen LogP contribution in [0.5, 0.6) is 0 Å². The van der Waals surface area contributed by atoms with E-state index in [1.54, 1.807) is 12.3 Å². The lowest BCUT2D eigenvalue weighted by atomic mass is 10.2. The van der Waals surface area contributed by atoms with Gasteiger partial charge in [0.1, 0.15) is 11.6 Å². The number of nitrogens with zero attached hydrogens (tertiary/aromatic N) is 2. The zero-order chi connectivity index (χ0) is 15.2. The first-order valence-electron chi connectivity index (χ1n) is 6.96. The number of benzene rings is 1. The van der Waals surface area contributed by atoms with E-state index in [1.165, 1.54) is 12.1 Å². The SMILES string of the molecule is CCCNCc1cc(N(C)c2cccc(F)c2)ncc1Cl. The molecule has 0 atom stereocenters. The summed E-state index contributed by atoms with van der Waals surface area (Å²) in [5.74, 6) is 0.469. The number of nitrogens with one attached hydrogen (secondary N) is 1. The van der Waals surface area contributed by atoms with E-state index in [-0.39, 0.29) is 5.82 Å². The van der Waals surface area contributed by atoms with Crippen LogP contribution in [0.4, 0.5) is 15.9 Å². The molecule has 0 radical (unpaired) electrons. The molecule has 0 aliphatic rings. The lowest BCUT2D eigenvalue weighted by molar-refractivity contribution is 0.628. The van der Waals surface area contributed by atoms with E-state index >= 15 is 0 Å². The quantitative estimate of drug-likeness (QED) is 0.813. The van der Waals surface area contributed by atoms with Gasteiger partial charge in [-0.1, -0.05) is 24.6 Å². The summed E-state index contributed by atoms with van der Waals surface area (Å²) < 4.78 is 13.3. The molecule has 5 heteroatoms. The van der Waals surface area contributed by atoms with Gasteiger partial charge in [-0.3, -0.25) is 0 Å². The Morgan fingerprint density at radius 3 is 2.86 bits per heavy atom. The minimum Gasteiger partial charge on any atom is -0.329 e. The molecule has 0 unspecified atom stereocenters. The maximum atomic E-state index is 13.3. The third-order valence-corrected chi connectivity index (χ3v) is 3.54. The Labute approximate surface area is 129 Å². The zero-order valence-electron chi connectivity index (χ0n) is 12.2. The normalized spacial score (nSPS) is 10.7. The molecule has 0 saturated carbocycles. The topological polar surface area (TPSA) is 28.2 Å². The van der Waals surface area contributed by atoms with E-state index in [4.69, 9.17) is 11.6 Å². The summed E-state index contributed by atoms with van der Waals surface area (Å²) >= 11 is 6.17. The molecule has 1 N–H and O–H groups in total. The summed E-state index contributed by atoms with van der Waals surface area (Å²) in [5, 5.41) is 3.95. The van der Waals surface area contributed by atoms with E-state index < -0.39 is 0 Å². The second-order valence-electron chi connectivity index (χ2n) is 4.85. The summed E-state index contributed by atoms with van der Waals surface area (Å²) in [5.41, 5.74) is 1.73. The Morgan fingerprint density at radius 2 is 2.14 bits per heavy atom. The van der Waals surface area contributed by atoms with Crippen LogP contribution in [-0.4, -0.2) is 18.6 Å². The number of halogens is 2. The van der Waals surface area contributed by atoms with E-state index in [0.29, 0.717) is 11.6 Å². The van der Waals surface area contributed by atoms with Gasteiger partial charge in [0.15, 0.2) is 0 Å². The molecule has 1 aromatic heterocycles. The molecule has 1 heterocycles. The van der Waals surface area contributed by atoms with Crippen LogP contribution in [0.25, 0.3) is 0 Å². The van der Waals surface area contributed by atoms with Gasteiger partial charge < -0.3 is 10.2 Å². The van der Waals surface area contributed by atoms with Gasteiger partial charge in [-0.2, -0.15) is 0 Å². The summed E-state index contributed by atoms with van der Waals surface area (Å²) in [6.45, 7) is 3.75. The van der Waals surface area contributed by atoms with Gasteiger partial charge in [0, 0.05) is 25.5 Å². The van der Waals surface area contributed by atoms with Crippen molar-refractivity contribution in [2.75, 3.05) is 18.5 Å². The smallest absolute Gasteiger partial charge is 0.133 e. The number of hydrogen-bond donors (Lipinski definition) is 1. The number of hydrogen-bond acceptors (Lipinski definition) is 3. The van der Waals surface area contributed by atoms with Gasteiger partial charge in [0.2, 0.25) is 0 Å². The average molecular weight is 308 g/mol. The molecule has 0 spiro atoms. The molecular weight excluding hydrogens is 289 g/mol. The average Bonchev–Trinajstić information content (AvgIpc) is 2.48. The van der Waals surface area contributed by atoms with Crippen LogP contribution in [0.1, 0.15) is 18.9 Å². The van der Waals surface area contributed by atoms with Crippen LogP contribution in [0.2, 0.25) is 5.02 Å². The predicted octanol–water partition coefficient (Wildman–Crippen LogP) is 4.14. The Hall–Kier alpha value is -1.65. The summed E-state index contributed by atoms with van der Waals surface area (Å²) in [6.07, 6.45) is 2.70. The molecule has 0 aliphatic carbocycles.